The SMILES string of the molecule is Cc1c(CNCCc2nccs2)cnn1C. The van der Waals surface area contributed by atoms with Gasteiger partial charge in [0, 0.05) is 49.4 Å². The minimum atomic E-state index is 0.880. The zero-order valence-corrected chi connectivity index (χ0v) is 10.4. The van der Waals surface area contributed by atoms with Gasteiger partial charge in [-0.3, -0.25) is 4.68 Å². The zero-order valence-electron chi connectivity index (χ0n) is 9.60. The van der Waals surface area contributed by atoms with E-state index in [9.17, 15) is 0 Å². The highest BCUT2D eigenvalue weighted by Crippen LogP contribution is 2.06. The second-order valence-corrected chi connectivity index (χ2v) is 4.71. The van der Waals surface area contributed by atoms with Crippen molar-refractivity contribution in [3.63, 3.8) is 0 Å². The van der Waals surface area contributed by atoms with E-state index in [0.29, 0.717) is 0 Å². The molecule has 0 atom stereocenters. The summed E-state index contributed by atoms with van der Waals surface area (Å²) in [4.78, 5) is 4.24. The number of nitrogens with zero attached hydrogens (tertiary/aromatic N) is 3. The van der Waals surface area contributed by atoms with Gasteiger partial charge >= 0.3 is 0 Å². The largest absolute Gasteiger partial charge is 0.312 e. The highest BCUT2D eigenvalue weighted by molar-refractivity contribution is 7.09. The Morgan fingerprint density at radius 1 is 1.50 bits per heavy atom. The van der Waals surface area contributed by atoms with Crippen LogP contribution in [-0.2, 0) is 20.0 Å². The van der Waals surface area contributed by atoms with Crippen LogP contribution in [0.2, 0.25) is 0 Å². The molecule has 0 bridgehead atoms. The van der Waals surface area contributed by atoms with Crippen molar-refractivity contribution in [1.29, 1.82) is 0 Å². The number of rotatable bonds is 5. The van der Waals surface area contributed by atoms with Crippen LogP contribution in [0.3, 0.4) is 0 Å². The van der Waals surface area contributed by atoms with Crippen molar-refractivity contribution in [3.8, 4) is 0 Å². The summed E-state index contributed by atoms with van der Waals surface area (Å²) in [5.41, 5.74) is 2.49. The van der Waals surface area contributed by atoms with Crippen LogP contribution in [0.5, 0.6) is 0 Å². The Hall–Kier alpha value is -1.20. The van der Waals surface area contributed by atoms with E-state index in [1.165, 1.54) is 16.3 Å². The summed E-state index contributed by atoms with van der Waals surface area (Å²) in [6.45, 7) is 3.93. The van der Waals surface area contributed by atoms with Gasteiger partial charge in [-0.15, -0.1) is 11.3 Å². The van der Waals surface area contributed by atoms with Crippen LogP contribution < -0.4 is 5.32 Å². The van der Waals surface area contributed by atoms with Gasteiger partial charge in [0.25, 0.3) is 0 Å². The first-order valence-corrected chi connectivity index (χ1v) is 6.22. The quantitative estimate of drug-likeness (QED) is 0.800. The number of aryl methyl sites for hydroxylation is 1. The van der Waals surface area contributed by atoms with Crippen molar-refractivity contribution in [1.82, 2.24) is 20.1 Å². The van der Waals surface area contributed by atoms with E-state index < -0.39 is 0 Å². The maximum absolute atomic E-state index is 4.24. The zero-order chi connectivity index (χ0) is 11.4. The van der Waals surface area contributed by atoms with Crippen LogP contribution in [0.1, 0.15) is 16.3 Å². The maximum Gasteiger partial charge on any atom is 0.0937 e. The average molecular weight is 236 g/mol. The fourth-order valence-corrected chi connectivity index (χ4v) is 2.13. The Morgan fingerprint density at radius 2 is 2.38 bits per heavy atom. The summed E-state index contributed by atoms with van der Waals surface area (Å²) in [5.74, 6) is 0. The lowest BCUT2D eigenvalue weighted by Crippen LogP contribution is -2.17. The molecule has 0 saturated carbocycles. The van der Waals surface area contributed by atoms with Crippen LogP contribution in [-0.4, -0.2) is 21.3 Å². The molecule has 2 heterocycles. The minimum Gasteiger partial charge on any atom is -0.312 e. The molecule has 5 heteroatoms. The summed E-state index contributed by atoms with van der Waals surface area (Å²) >= 11 is 1.71. The van der Waals surface area contributed by atoms with Gasteiger partial charge in [0.1, 0.15) is 0 Å². The van der Waals surface area contributed by atoms with Crippen LogP contribution in [0.15, 0.2) is 17.8 Å². The monoisotopic (exact) mass is 236 g/mol. The molecule has 0 radical (unpaired) electrons. The van der Waals surface area contributed by atoms with E-state index in [2.05, 4.69) is 22.3 Å². The molecule has 16 heavy (non-hydrogen) atoms. The van der Waals surface area contributed by atoms with E-state index in [4.69, 9.17) is 0 Å². The van der Waals surface area contributed by atoms with E-state index in [1.807, 2.05) is 29.5 Å². The van der Waals surface area contributed by atoms with Crippen molar-refractivity contribution in [2.24, 2.45) is 7.05 Å². The third-order valence-corrected chi connectivity index (χ3v) is 3.49. The van der Waals surface area contributed by atoms with Crippen LogP contribution in [0, 0.1) is 6.92 Å². The fourth-order valence-electron chi connectivity index (χ4n) is 1.51. The first kappa shape index (κ1) is 11.3. The predicted octanol–water partition coefficient (Wildman–Crippen LogP) is 1.52. The van der Waals surface area contributed by atoms with Crippen molar-refractivity contribution in [2.75, 3.05) is 6.54 Å². The molecule has 2 aromatic heterocycles. The van der Waals surface area contributed by atoms with Gasteiger partial charge in [-0.25, -0.2) is 4.98 Å². The molecule has 4 nitrogen and oxygen atoms in total. The summed E-state index contributed by atoms with van der Waals surface area (Å²) in [7, 11) is 1.97. The smallest absolute Gasteiger partial charge is 0.0937 e. The molecule has 0 aliphatic carbocycles. The summed E-state index contributed by atoms with van der Waals surface area (Å²) in [5, 5.41) is 10.8. The Morgan fingerprint density at radius 3 is 3.00 bits per heavy atom. The lowest BCUT2D eigenvalue weighted by molar-refractivity contribution is 0.678. The highest BCUT2D eigenvalue weighted by Gasteiger charge is 2.02. The highest BCUT2D eigenvalue weighted by atomic mass is 32.1. The molecular weight excluding hydrogens is 220 g/mol. The molecule has 0 unspecified atom stereocenters. The van der Waals surface area contributed by atoms with Crippen molar-refractivity contribution >= 4 is 11.3 Å². The number of nitrogens with one attached hydrogen (secondary N) is 1. The Bertz CT molecular complexity index is 433. The maximum atomic E-state index is 4.24. The molecule has 0 fully saturated rings. The lowest BCUT2D eigenvalue weighted by Gasteiger charge is -2.02. The van der Waals surface area contributed by atoms with E-state index in [-0.39, 0.29) is 0 Å². The van der Waals surface area contributed by atoms with E-state index >= 15 is 0 Å². The number of aromatic nitrogens is 3. The average Bonchev–Trinajstić information content (AvgIpc) is 2.88. The first-order valence-electron chi connectivity index (χ1n) is 5.34. The minimum absolute atomic E-state index is 0.880. The molecule has 0 aliphatic rings. The van der Waals surface area contributed by atoms with E-state index in [0.717, 1.165) is 19.5 Å². The third-order valence-electron chi connectivity index (χ3n) is 2.65. The lowest BCUT2D eigenvalue weighted by atomic mass is 10.2. The standard InChI is InChI=1S/C11H16N4S/c1-9-10(8-14-15(9)2)7-12-4-3-11-13-5-6-16-11/h5-6,8,12H,3-4,7H2,1-2H3. The van der Waals surface area contributed by atoms with Crippen LogP contribution in [0.4, 0.5) is 0 Å². The third kappa shape index (κ3) is 2.68. The molecule has 0 saturated heterocycles. The molecule has 86 valence electrons. The Kier molecular flexibility index (Phi) is 3.69. The molecular formula is C11H16N4S. The Balaban J connectivity index is 1.74. The first-order chi connectivity index (χ1) is 7.77. The van der Waals surface area contributed by atoms with Gasteiger partial charge < -0.3 is 5.32 Å². The molecule has 0 amide bonds. The summed E-state index contributed by atoms with van der Waals surface area (Å²) in [6, 6.07) is 0. The van der Waals surface area contributed by atoms with Gasteiger partial charge in [-0.2, -0.15) is 5.10 Å². The predicted molar refractivity (Wildman–Crippen MR) is 65.5 cm³/mol. The Labute approximate surface area is 99.3 Å². The normalized spacial score (nSPS) is 10.9. The molecule has 2 aromatic rings. The number of hydrogen-bond acceptors (Lipinski definition) is 4. The fraction of sp³-hybridized carbons (Fsp3) is 0.455. The van der Waals surface area contributed by atoms with Gasteiger partial charge in [-0.05, 0) is 6.92 Å². The van der Waals surface area contributed by atoms with Crippen LogP contribution >= 0.6 is 11.3 Å². The van der Waals surface area contributed by atoms with Crippen molar-refractivity contribution in [3.05, 3.63) is 34.0 Å². The van der Waals surface area contributed by atoms with Crippen molar-refractivity contribution in [2.45, 2.75) is 19.9 Å². The van der Waals surface area contributed by atoms with Crippen LogP contribution in [0.25, 0.3) is 0 Å². The van der Waals surface area contributed by atoms with Gasteiger partial charge in [0.15, 0.2) is 0 Å². The molecule has 2 rings (SSSR count). The summed E-state index contributed by atoms with van der Waals surface area (Å²) < 4.78 is 1.90. The second kappa shape index (κ2) is 5.23. The van der Waals surface area contributed by atoms with Gasteiger partial charge in [-0.1, -0.05) is 0 Å². The topological polar surface area (TPSA) is 42.7 Å². The molecule has 0 aromatic carbocycles. The molecule has 0 aliphatic heterocycles. The van der Waals surface area contributed by atoms with E-state index in [1.54, 1.807) is 11.3 Å². The van der Waals surface area contributed by atoms with Gasteiger partial charge in [0.05, 0.1) is 11.2 Å². The summed E-state index contributed by atoms with van der Waals surface area (Å²) in [6.07, 6.45) is 4.77. The number of thiazole rings is 1. The molecule has 0 spiro atoms. The molecule has 1 N–H and O–H groups in total. The van der Waals surface area contributed by atoms with Crippen molar-refractivity contribution < 1.29 is 0 Å². The van der Waals surface area contributed by atoms with Gasteiger partial charge in [0.2, 0.25) is 0 Å². The second-order valence-electron chi connectivity index (χ2n) is 3.73. The number of hydrogen-bond donors (Lipinski definition) is 1.